The summed E-state index contributed by atoms with van der Waals surface area (Å²) in [6.45, 7) is 1.64. The molecule has 0 saturated carbocycles. The van der Waals surface area contributed by atoms with E-state index < -0.39 is 0 Å². The van der Waals surface area contributed by atoms with E-state index in [1.807, 2.05) is 0 Å². The van der Waals surface area contributed by atoms with Crippen molar-refractivity contribution >= 4 is 18.4 Å². The number of imidazole rings is 1. The number of nitrogens with one attached hydrogen (secondary N) is 1. The first-order valence-electron chi connectivity index (χ1n) is 2.89. The highest BCUT2D eigenvalue weighted by molar-refractivity contribution is 5.85. The molecule has 4 nitrogen and oxygen atoms in total. The molecule has 0 atom stereocenters. The summed E-state index contributed by atoms with van der Waals surface area (Å²) >= 11 is 0. The molecule has 1 N–H and O–H groups in total. The van der Waals surface area contributed by atoms with Gasteiger partial charge in [0.1, 0.15) is 6.61 Å². The van der Waals surface area contributed by atoms with E-state index in [1.54, 1.807) is 12.5 Å². The maximum atomic E-state index is 10.3. The molecule has 0 aromatic carbocycles. The van der Waals surface area contributed by atoms with Gasteiger partial charge in [-0.2, -0.15) is 0 Å². The number of rotatable bonds is 2. The Labute approximate surface area is 70.4 Å². The number of H-pyrrole nitrogens is 1. The van der Waals surface area contributed by atoms with Gasteiger partial charge in [0.05, 0.1) is 18.2 Å². The molecule has 0 saturated heterocycles. The molecular formula is C6H9ClN2O2. The van der Waals surface area contributed by atoms with E-state index >= 15 is 0 Å². The molecule has 1 heterocycles. The van der Waals surface area contributed by atoms with Gasteiger partial charge in [-0.15, -0.1) is 12.4 Å². The Morgan fingerprint density at radius 3 is 3.00 bits per heavy atom. The van der Waals surface area contributed by atoms with Gasteiger partial charge in [0.2, 0.25) is 0 Å². The van der Waals surface area contributed by atoms with Crippen molar-refractivity contribution in [2.75, 3.05) is 0 Å². The van der Waals surface area contributed by atoms with Crippen molar-refractivity contribution in [3.05, 3.63) is 18.2 Å². The second-order valence-corrected chi connectivity index (χ2v) is 1.86. The summed E-state index contributed by atoms with van der Waals surface area (Å²) in [5.74, 6) is -0.283. The van der Waals surface area contributed by atoms with Crippen LogP contribution in [0.25, 0.3) is 0 Å². The van der Waals surface area contributed by atoms with Crippen LogP contribution in [0.1, 0.15) is 12.6 Å². The van der Waals surface area contributed by atoms with E-state index in [2.05, 4.69) is 14.7 Å². The number of hydrogen-bond acceptors (Lipinski definition) is 3. The van der Waals surface area contributed by atoms with Crippen LogP contribution in [0.3, 0.4) is 0 Å². The molecule has 0 unspecified atom stereocenters. The number of carbonyl (C=O) groups is 1. The van der Waals surface area contributed by atoms with Crippen molar-refractivity contribution in [1.29, 1.82) is 0 Å². The fraction of sp³-hybridized carbons (Fsp3) is 0.333. The Bertz CT molecular complexity index is 210. The Kier molecular flexibility index (Phi) is 4.29. The largest absolute Gasteiger partial charge is 0.459 e. The van der Waals surface area contributed by atoms with Crippen LogP contribution in [0, 0.1) is 0 Å². The molecule has 0 fully saturated rings. The van der Waals surface area contributed by atoms with Gasteiger partial charge in [0.15, 0.2) is 0 Å². The molecule has 1 aromatic heterocycles. The molecular weight excluding hydrogens is 168 g/mol. The monoisotopic (exact) mass is 176 g/mol. The standard InChI is InChI=1S/C6H8N2O2.ClH/c1-5(9)10-3-6-2-7-4-8-6;/h2,4H,3H2,1H3,(H,7,8);1H. The first-order chi connectivity index (χ1) is 4.79. The fourth-order valence-electron chi connectivity index (χ4n) is 0.543. The Morgan fingerprint density at radius 2 is 2.55 bits per heavy atom. The van der Waals surface area contributed by atoms with Gasteiger partial charge >= 0.3 is 5.97 Å². The van der Waals surface area contributed by atoms with Gasteiger partial charge in [-0.3, -0.25) is 4.79 Å². The van der Waals surface area contributed by atoms with Crippen LogP contribution in [0.5, 0.6) is 0 Å². The van der Waals surface area contributed by atoms with Gasteiger partial charge in [0, 0.05) is 6.92 Å². The lowest BCUT2D eigenvalue weighted by atomic mass is 10.5. The summed E-state index contributed by atoms with van der Waals surface area (Å²) in [6, 6.07) is 0. The Hall–Kier alpha value is -1.03. The highest BCUT2D eigenvalue weighted by atomic mass is 35.5. The lowest BCUT2D eigenvalue weighted by Crippen LogP contribution is -1.98. The first-order valence-corrected chi connectivity index (χ1v) is 2.89. The van der Waals surface area contributed by atoms with Crippen molar-refractivity contribution in [3.8, 4) is 0 Å². The number of nitrogens with zero attached hydrogens (tertiary/aromatic N) is 1. The van der Waals surface area contributed by atoms with E-state index in [-0.39, 0.29) is 25.0 Å². The van der Waals surface area contributed by atoms with E-state index in [9.17, 15) is 4.79 Å². The molecule has 0 spiro atoms. The quantitative estimate of drug-likeness (QED) is 0.681. The number of aromatic amines is 1. The molecule has 0 aliphatic carbocycles. The van der Waals surface area contributed by atoms with E-state index in [4.69, 9.17) is 0 Å². The average Bonchev–Trinajstić information content (AvgIpc) is 2.34. The summed E-state index contributed by atoms with van der Waals surface area (Å²) in [7, 11) is 0. The number of ether oxygens (including phenoxy) is 1. The van der Waals surface area contributed by atoms with Crippen LogP contribution in [0.15, 0.2) is 12.5 Å². The third-order valence-electron chi connectivity index (χ3n) is 0.986. The van der Waals surface area contributed by atoms with Crippen LogP contribution in [0.2, 0.25) is 0 Å². The van der Waals surface area contributed by atoms with Gasteiger partial charge in [-0.25, -0.2) is 4.98 Å². The summed E-state index contributed by atoms with van der Waals surface area (Å²) in [6.07, 6.45) is 3.15. The fourth-order valence-corrected chi connectivity index (χ4v) is 0.543. The van der Waals surface area contributed by atoms with Crippen LogP contribution in [0.4, 0.5) is 0 Å². The molecule has 62 valence electrons. The van der Waals surface area contributed by atoms with Gasteiger partial charge in [-0.1, -0.05) is 0 Å². The van der Waals surface area contributed by atoms with Gasteiger partial charge in [-0.05, 0) is 0 Å². The highest BCUT2D eigenvalue weighted by Crippen LogP contribution is 1.93. The summed E-state index contributed by atoms with van der Waals surface area (Å²) < 4.78 is 4.68. The molecule has 11 heavy (non-hydrogen) atoms. The van der Waals surface area contributed by atoms with Gasteiger partial charge < -0.3 is 9.72 Å². The number of aromatic nitrogens is 2. The van der Waals surface area contributed by atoms with E-state index in [0.717, 1.165) is 5.69 Å². The predicted octanol–water partition coefficient (Wildman–Crippen LogP) is 0.895. The number of hydrogen-bond donors (Lipinski definition) is 1. The third kappa shape index (κ3) is 3.62. The first kappa shape index (κ1) is 9.97. The molecule has 5 heteroatoms. The van der Waals surface area contributed by atoms with Crippen molar-refractivity contribution in [2.45, 2.75) is 13.5 Å². The minimum atomic E-state index is -0.283. The number of carbonyl (C=O) groups excluding carboxylic acids is 1. The molecule has 0 bridgehead atoms. The summed E-state index contributed by atoms with van der Waals surface area (Å²) in [5.41, 5.74) is 0.801. The molecule has 0 radical (unpaired) electrons. The zero-order valence-corrected chi connectivity index (χ0v) is 6.85. The van der Waals surface area contributed by atoms with Crippen LogP contribution in [-0.4, -0.2) is 15.9 Å². The number of esters is 1. The second-order valence-electron chi connectivity index (χ2n) is 1.86. The van der Waals surface area contributed by atoms with Gasteiger partial charge in [0.25, 0.3) is 0 Å². The van der Waals surface area contributed by atoms with Crippen LogP contribution < -0.4 is 0 Å². The smallest absolute Gasteiger partial charge is 0.303 e. The normalized spacial score (nSPS) is 8.45. The second kappa shape index (κ2) is 4.73. The van der Waals surface area contributed by atoms with E-state index in [0.29, 0.717) is 0 Å². The molecule has 1 rings (SSSR count). The lowest BCUT2D eigenvalue weighted by Gasteiger charge is -1.96. The zero-order chi connectivity index (χ0) is 7.40. The molecule has 0 aliphatic rings. The van der Waals surface area contributed by atoms with Crippen molar-refractivity contribution in [2.24, 2.45) is 0 Å². The topological polar surface area (TPSA) is 55.0 Å². The SMILES string of the molecule is CC(=O)OCc1cnc[nH]1.Cl. The third-order valence-corrected chi connectivity index (χ3v) is 0.986. The Morgan fingerprint density at radius 1 is 1.82 bits per heavy atom. The molecule has 0 aliphatic heterocycles. The average molecular weight is 177 g/mol. The maximum Gasteiger partial charge on any atom is 0.303 e. The minimum Gasteiger partial charge on any atom is -0.459 e. The summed E-state index contributed by atoms with van der Waals surface area (Å²) in [4.78, 5) is 16.8. The lowest BCUT2D eigenvalue weighted by molar-refractivity contribution is -0.142. The van der Waals surface area contributed by atoms with E-state index in [1.165, 1.54) is 6.92 Å². The highest BCUT2D eigenvalue weighted by Gasteiger charge is 1.94. The number of halogens is 1. The van der Waals surface area contributed by atoms with Crippen LogP contribution in [-0.2, 0) is 16.1 Å². The molecule has 1 aromatic rings. The summed E-state index contributed by atoms with van der Waals surface area (Å²) in [5, 5.41) is 0. The Balaban J connectivity index is 0.000001000. The predicted molar refractivity (Wildman–Crippen MR) is 41.3 cm³/mol. The van der Waals surface area contributed by atoms with Crippen molar-refractivity contribution in [1.82, 2.24) is 9.97 Å². The van der Waals surface area contributed by atoms with Crippen molar-refractivity contribution < 1.29 is 9.53 Å². The molecule has 0 amide bonds. The maximum absolute atomic E-state index is 10.3. The van der Waals surface area contributed by atoms with Crippen molar-refractivity contribution in [3.63, 3.8) is 0 Å². The zero-order valence-electron chi connectivity index (χ0n) is 6.03. The minimum absolute atomic E-state index is 0. The van der Waals surface area contributed by atoms with Crippen LogP contribution >= 0.6 is 12.4 Å².